The van der Waals surface area contributed by atoms with Crippen LogP contribution in [0.5, 0.6) is 0 Å². The first-order valence-corrected chi connectivity index (χ1v) is 8.80. The van der Waals surface area contributed by atoms with Crippen LogP contribution in [-0.2, 0) is 4.79 Å². The van der Waals surface area contributed by atoms with Gasteiger partial charge in [0.15, 0.2) is 5.82 Å². The van der Waals surface area contributed by atoms with E-state index in [-0.39, 0.29) is 30.2 Å². The van der Waals surface area contributed by atoms with E-state index in [2.05, 4.69) is 22.3 Å². The molecule has 2 aromatic carbocycles. The molecule has 1 saturated heterocycles. The molecule has 0 unspecified atom stereocenters. The maximum atomic E-state index is 13.8. The molecule has 3 rings (SSSR count). The average molecular weight is 372 g/mol. The number of amides is 1. The van der Waals surface area contributed by atoms with Crippen molar-refractivity contribution < 1.29 is 14.1 Å². The number of nitro groups is 1. The Morgan fingerprint density at radius 3 is 2.44 bits per heavy atom. The number of halogens is 1. The third-order valence-corrected chi connectivity index (χ3v) is 4.57. The minimum Gasteiger partial charge on any atom is -0.382 e. The molecular formula is C19H21FN4O3. The zero-order chi connectivity index (χ0) is 19.2. The molecule has 0 aliphatic carbocycles. The molecule has 0 aromatic heterocycles. The molecule has 0 radical (unpaired) electrons. The van der Waals surface area contributed by atoms with Gasteiger partial charge < -0.3 is 15.1 Å². The standard InChI is InChI=1S/C19H21FN4O3/c20-17-14-16(24(26)27)6-7-18(17)21-9-8-19(25)23-12-10-22(11-13-23)15-4-2-1-3-5-15/h1-7,14,21H,8-13H2. The van der Waals surface area contributed by atoms with Crippen molar-refractivity contribution in [2.75, 3.05) is 42.9 Å². The monoisotopic (exact) mass is 372 g/mol. The number of benzene rings is 2. The lowest BCUT2D eigenvalue weighted by atomic mass is 10.2. The first-order valence-electron chi connectivity index (χ1n) is 8.80. The summed E-state index contributed by atoms with van der Waals surface area (Å²) in [5.41, 5.74) is 1.01. The summed E-state index contributed by atoms with van der Waals surface area (Å²) < 4.78 is 13.8. The number of anilines is 2. The summed E-state index contributed by atoms with van der Waals surface area (Å²) in [6, 6.07) is 13.5. The van der Waals surface area contributed by atoms with E-state index in [1.54, 1.807) is 0 Å². The highest BCUT2D eigenvalue weighted by atomic mass is 19.1. The lowest BCUT2D eigenvalue weighted by Crippen LogP contribution is -2.49. The van der Waals surface area contributed by atoms with Crippen LogP contribution in [0.3, 0.4) is 0 Å². The van der Waals surface area contributed by atoms with E-state index in [1.165, 1.54) is 12.1 Å². The Balaban J connectivity index is 1.44. The van der Waals surface area contributed by atoms with Crippen molar-refractivity contribution in [3.8, 4) is 0 Å². The summed E-state index contributed by atoms with van der Waals surface area (Å²) >= 11 is 0. The maximum absolute atomic E-state index is 13.8. The largest absolute Gasteiger partial charge is 0.382 e. The van der Waals surface area contributed by atoms with Crippen LogP contribution in [0.15, 0.2) is 48.5 Å². The minimum atomic E-state index is -0.701. The first kappa shape index (κ1) is 18.6. The number of piperazine rings is 1. The SMILES string of the molecule is O=C(CCNc1ccc([N+](=O)[O-])cc1F)N1CCN(c2ccccc2)CC1. The normalized spacial score (nSPS) is 14.1. The van der Waals surface area contributed by atoms with Crippen LogP contribution in [0.2, 0.25) is 0 Å². The number of rotatable bonds is 6. The summed E-state index contributed by atoms with van der Waals surface area (Å²) in [6.07, 6.45) is 0.238. The molecule has 1 N–H and O–H groups in total. The van der Waals surface area contributed by atoms with Crippen molar-refractivity contribution in [3.05, 3.63) is 64.5 Å². The van der Waals surface area contributed by atoms with Gasteiger partial charge in [-0.3, -0.25) is 14.9 Å². The van der Waals surface area contributed by atoms with Crippen molar-refractivity contribution in [2.24, 2.45) is 0 Å². The van der Waals surface area contributed by atoms with Crippen molar-refractivity contribution in [1.29, 1.82) is 0 Å². The quantitative estimate of drug-likeness (QED) is 0.623. The Morgan fingerprint density at radius 2 is 1.81 bits per heavy atom. The van der Waals surface area contributed by atoms with E-state index >= 15 is 0 Å². The zero-order valence-corrected chi connectivity index (χ0v) is 14.8. The van der Waals surface area contributed by atoms with Crippen LogP contribution < -0.4 is 10.2 Å². The second-order valence-corrected chi connectivity index (χ2v) is 6.30. The van der Waals surface area contributed by atoms with Gasteiger partial charge in [-0.25, -0.2) is 4.39 Å². The van der Waals surface area contributed by atoms with Crippen molar-refractivity contribution in [2.45, 2.75) is 6.42 Å². The van der Waals surface area contributed by atoms with Crippen LogP contribution in [0.1, 0.15) is 6.42 Å². The Kier molecular flexibility index (Phi) is 5.85. The van der Waals surface area contributed by atoms with Crippen LogP contribution in [0.25, 0.3) is 0 Å². The third-order valence-electron chi connectivity index (χ3n) is 4.57. The topological polar surface area (TPSA) is 78.7 Å². The predicted octanol–water partition coefficient (Wildman–Crippen LogP) is 2.88. The lowest BCUT2D eigenvalue weighted by Gasteiger charge is -2.36. The molecule has 1 heterocycles. The number of nitrogens with one attached hydrogen (secondary N) is 1. The third kappa shape index (κ3) is 4.72. The van der Waals surface area contributed by atoms with Crippen LogP contribution in [-0.4, -0.2) is 48.5 Å². The van der Waals surface area contributed by atoms with Gasteiger partial charge in [0, 0.05) is 50.9 Å². The Morgan fingerprint density at radius 1 is 1.11 bits per heavy atom. The molecule has 0 saturated carbocycles. The van der Waals surface area contributed by atoms with Gasteiger partial charge in [-0.2, -0.15) is 0 Å². The van der Waals surface area contributed by atoms with Crippen molar-refractivity contribution in [1.82, 2.24) is 4.90 Å². The van der Waals surface area contributed by atoms with Gasteiger partial charge in [0.05, 0.1) is 16.7 Å². The van der Waals surface area contributed by atoms with Gasteiger partial charge in [0.2, 0.25) is 5.91 Å². The molecule has 2 aromatic rings. The van der Waals surface area contributed by atoms with Crippen LogP contribution in [0, 0.1) is 15.9 Å². The number of carbonyl (C=O) groups excluding carboxylic acids is 1. The smallest absolute Gasteiger partial charge is 0.272 e. The van der Waals surface area contributed by atoms with E-state index in [4.69, 9.17) is 0 Å². The number of non-ortho nitro benzene ring substituents is 1. The maximum Gasteiger partial charge on any atom is 0.272 e. The van der Waals surface area contributed by atoms with Gasteiger partial charge in [-0.05, 0) is 18.2 Å². The molecule has 0 atom stereocenters. The van der Waals surface area contributed by atoms with Gasteiger partial charge in [0.25, 0.3) is 5.69 Å². The van der Waals surface area contributed by atoms with E-state index in [0.29, 0.717) is 13.1 Å². The molecular weight excluding hydrogens is 351 g/mol. The molecule has 1 aliphatic heterocycles. The van der Waals surface area contributed by atoms with E-state index in [0.717, 1.165) is 24.8 Å². The van der Waals surface area contributed by atoms with Crippen molar-refractivity contribution >= 4 is 23.0 Å². The summed E-state index contributed by atoms with van der Waals surface area (Å²) in [7, 11) is 0. The number of carbonyl (C=O) groups is 1. The Hall–Kier alpha value is -3.16. The fourth-order valence-corrected chi connectivity index (χ4v) is 3.08. The highest BCUT2D eigenvalue weighted by molar-refractivity contribution is 5.77. The molecule has 0 bridgehead atoms. The second kappa shape index (κ2) is 8.48. The number of hydrogen-bond donors (Lipinski definition) is 1. The minimum absolute atomic E-state index is 0.0116. The lowest BCUT2D eigenvalue weighted by molar-refractivity contribution is -0.385. The highest BCUT2D eigenvalue weighted by Gasteiger charge is 2.21. The molecule has 1 aliphatic rings. The van der Waals surface area contributed by atoms with Crippen LogP contribution >= 0.6 is 0 Å². The fourth-order valence-electron chi connectivity index (χ4n) is 3.08. The first-order chi connectivity index (χ1) is 13.0. The number of nitro benzene ring substituents is 1. The molecule has 8 heteroatoms. The number of nitrogens with zero attached hydrogens (tertiary/aromatic N) is 3. The molecule has 7 nitrogen and oxygen atoms in total. The summed E-state index contributed by atoms with van der Waals surface area (Å²) in [5.74, 6) is -0.689. The van der Waals surface area contributed by atoms with Crippen molar-refractivity contribution in [3.63, 3.8) is 0 Å². The second-order valence-electron chi connectivity index (χ2n) is 6.30. The summed E-state index contributed by atoms with van der Waals surface area (Å²) in [5, 5.41) is 13.4. The van der Waals surface area contributed by atoms with E-state index in [9.17, 15) is 19.3 Å². The Labute approximate surface area is 156 Å². The highest BCUT2D eigenvalue weighted by Crippen LogP contribution is 2.20. The zero-order valence-electron chi connectivity index (χ0n) is 14.8. The molecule has 27 heavy (non-hydrogen) atoms. The average Bonchev–Trinajstić information content (AvgIpc) is 2.69. The summed E-state index contributed by atoms with van der Waals surface area (Å²) in [4.78, 5) is 26.4. The van der Waals surface area contributed by atoms with E-state index < -0.39 is 10.7 Å². The predicted molar refractivity (Wildman–Crippen MR) is 101 cm³/mol. The number of hydrogen-bond acceptors (Lipinski definition) is 5. The van der Waals surface area contributed by atoms with Gasteiger partial charge in [0.1, 0.15) is 0 Å². The van der Waals surface area contributed by atoms with Crippen LogP contribution in [0.4, 0.5) is 21.5 Å². The Bertz CT molecular complexity index is 808. The van der Waals surface area contributed by atoms with Gasteiger partial charge in [-0.1, -0.05) is 18.2 Å². The van der Waals surface area contributed by atoms with Gasteiger partial charge >= 0.3 is 0 Å². The molecule has 1 amide bonds. The fraction of sp³-hybridized carbons (Fsp3) is 0.316. The number of para-hydroxylation sites is 1. The molecule has 142 valence electrons. The van der Waals surface area contributed by atoms with Gasteiger partial charge in [-0.15, -0.1) is 0 Å². The molecule has 1 fully saturated rings. The summed E-state index contributed by atoms with van der Waals surface area (Å²) in [6.45, 7) is 3.13. The van der Waals surface area contributed by atoms with E-state index in [1.807, 2.05) is 23.1 Å². The molecule has 0 spiro atoms.